The highest BCUT2D eigenvalue weighted by Crippen LogP contribution is 2.28. The average molecular weight is 388 g/mol. The number of sulfonamides is 1. The van der Waals surface area contributed by atoms with Crippen molar-refractivity contribution in [2.45, 2.75) is 23.6 Å². The molecule has 126 valence electrons. The highest BCUT2D eigenvalue weighted by atomic mass is 35.5. The van der Waals surface area contributed by atoms with Crippen molar-refractivity contribution in [3.8, 4) is 0 Å². The number of nitrogens with zero attached hydrogens (tertiary/aromatic N) is 2. The van der Waals surface area contributed by atoms with Crippen molar-refractivity contribution in [1.82, 2.24) is 9.21 Å². The van der Waals surface area contributed by atoms with Crippen LogP contribution in [0.2, 0.25) is 4.34 Å². The van der Waals surface area contributed by atoms with Crippen molar-refractivity contribution in [2.24, 2.45) is 5.73 Å². The van der Waals surface area contributed by atoms with Crippen LogP contribution in [0.15, 0.2) is 16.3 Å². The molecule has 1 atom stereocenters. The predicted octanol–water partition coefficient (Wildman–Crippen LogP) is 1.39. The standard InChI is InChI=1S/C12H18ClN3O3S2.ClH/c1-9(14)12(17)15-5-2-6-16(8-7-15)21(18,19)11-4-3-10(13)20-11;/h3-4,9H,2,5-8,14H2,1H3;1H/t9-;/m0./s1. The zero-order chi connectivity index (χ0) is 15.6. The summed E-state index contributed by atoms with van der Waals surface area (Å²) in [7, 11) is -3.54. The summed E-state index contributed by atoms with van der Waals surface area (Å²) < 4.78 is 27.1. The van der Waals surface area contributed by atoms with Crippen molar-refractivity contribution in [2.75, 3.05) is 26.2 Å². The molecule has 1 fully saturated rings. The first-order chi connectivity index (χ1) is 9.82. The molecule has 0 radical (unpaired) electrons. The number of rotatable bonds is 3. The first-order valence-corrected chi connectivity index (χ1v) is 9.25. The Morgan fingerprint density at radius 1 is 1.32 bits per heavy atom. The van der Waals surface area contributed by atoms with Crippen LogP contribution in [0.25, 0.3) is 0 Å². The minimum Gasteiger partial charge on any atom is -0.340 e. The summed E-state index contributed by atoms with van der Waals surface area (Å²) in [6.07, 6.45) is 0.594. The van der Waals surface area contributed by atoms with Crippen LogP contribution < -0.4 is 5.73 Å². The van der Waals surface area contributed by atoms with Crippen molar-refractivity contribution in [1.29, 1.82) is 0 Å². The van der Waals surface area contributed by atoms with Crippen LogP contribution in [-0.4, -0.2) is 55.8 Å². The first kappa shape index (κ1) is 19.7. The molecule has 1 aliphatic rings. The van der Waals surface area contributed by atoms with E-state index < -0.39 is 16.1 Å². The fourth-order valence-electron chi connectivity index (χ4n) is 2.21. The number of carbonyl (C=O) groups excluding carboxylic acids is 1. The maximum absolute atomic E-state index is 12.5. The molecule has 0 spiro atoms. The normalized spacial score (nSPS) is 18.4. The van der Waals surface area contributed by atoms with Crippen LogP contribution in [0, 0.1) is 0 Å². The molecule has 1 amide bonds. The lowest BCUT2D eigenvalue weighted by Crippen LogP contribution is -2.44. The molecule has 1 aromatic rings. The van der Waals surface area contributed by atoms with Crippen molar-refractivity contribution < 1.29 is 13.2 Å². The summed E-state index contributed by atoms with van der Waals surface area (Å²) in [5.41, 5.74) is 5.60. The first-order valence-electron chi connectivity index (χ1n) is 6.62. The molecule has 0 saturated carbocycles. The Hall–Kier alpha value is -0.380. The lowest BCUT2D eigenvalue weighted by molar-refractivity contribution is -0.132. The van der Waals surface area contributed by atoms with Crippen molar-refractivity contribution in [3.63, 3.8) is 0 Å². The van der Waals surface area contributed by atoms with E-state index in [9.17, 15) is 13.2 Å². The molecule has 1 aliphatic heterocycles. The van der Waals surface area contributed by atoms with Gasteiger partial charge in [0.05, 0.1) is 10.4 Å². The molecule has 22 heavy (non-hydrogen) atoms. The lowest BCUT2D eigenvalue weighted by atomic mass is 10.3. The number of nitrogens with two attached hydrogens (primary N) is 1. The molecule has 2 heterocycles. The molecule has 1 saturated heterocycles. The summed E-state index contributed by atoms with van der Waals surface area (Å²) in [5.74, 6) is -0.145. The van der Waals surface area contributed by atoms with Gasteiger partial charge in [0, 0.05) is 26.2 Å². The number of carbonyl (C=O) groups is 1. The van der Waals surface area contributed by atoms with Gasteiger partial charge in [-0.05, 0) is 25.5 Å². The maximum atomic E-state index is 12.5. The minimum atomic E-state index is -3.54. The van der Waals surface area contributed by atoms with Gasteiger partial charge in [0.1, 0.15) is 4.21 Å². The Morgan fingerprint density at radius 2 is 2.00 bits per heavy atom. The van der Waals surface area contributed by atoms with Gasteiger partial charge in [-0.3, -0.25) is 4.79 Å². The van der Waals surface area contributed by atoms with Gasteiger partial charge in [-0.1, -0.05) is 11.6 Å². The van der Waals surface area contributed by atoms with Gasteiger partial charge in [0.15, 0.2) is 0 Å². The predicted molar refractivity (Wildman–Crippen MR) is 90.2 cm³/mol. The van der Waals surface area contributed by atoms with E-state index in [4.69, 9.17) is 17.3 Å². The van der Waals surface area contributed by atoms with Gasteiger partial charge in [-0.25, -0.2) is 8.42 Å². The Bertz CT molecular complexity index is 619. The van der Waals surface area contributed by atoms with Gasteiger partial charge in [0.2, 0.25) is 5.91 Å². The largest absolute Gasteiger partial charge is 0.340 e. The number of thiophene rings is 1. The van der Waals surface area contributed by atoms with Crippen molar-refractivity contribution in [3.05, 3.63) is 16.5 Å². The highest BCUT2D eigenvalue weighted by Gasteiger charge is 2.29. The van der Waals surface area contributed by atoms with Crippen molar-refractivity contribution >= 4 is 51.3 Å². The number of halogens is 2. The van der Waals surface area contributed by atoms with Crippen LogP contribution in [0.3, 0.4) is 0 Å². The lowest BCUT2D eigenvalue weighted by Gasteiger charge is -2.23. The van der Waals surface area contributed by atoms with Crippen LogP contribution in [-0.2, 0) is 14.8 Å². The van der Waals surface area contributed by atoms with E-state index in [-0.39, 0.29) is 29.1 Å². The third kappa shape index (κ3) is 4.33. The number of amides is 1. The Labute approximate surface area is 145 Å². The monoisotopic (exact) mass is 387 g/mol. The molecule has 2 N–H and O–H groups in total. The SMILES string of the molecule is C[C@H](N)C(=O)N1CCCN(S(=O)(=O)c2ccc(Cl)s2)CC1.Cl. The van der Waals surface area contributed by atoms with Gasteiger partial charge in [0.25, 0.3) is 10.0 Å². The van der Waals surface area contributed by atoms with E-state index in [1.807, 2.05) is 0 Å². The molecule has 0 aromatic carbocycles. The molecule has 6 nitrogen and oxygen atoms in total. The summed E-state index contributed by atoms with van der Waals surface area (Å²) in [6, 6.07) is 2.52. The molecular weight excluding hydrogens is 369 g/mol. The highest BCUT2D eigenvalue weighted by molar-refractivity contribution is 7.91. The summed E-state index contributed by atoms with van der Waals surface area (Å²) >= 11 is 6.85. The molecule has 0 unspecified atom stereocenters. The second-order valence-electron chi connectivity index (χ2n) is 4.93. The van der Waals surface area contributed by atoms with E-state index in [0.717, 1.165) is 11.3 Å². The van der Waals surface area contributed by atoms with Crippen LogP contribution in [0.5, 0.6) is 0 Å². The molecule has 10 heteroatoms. The number of hydrogen-bond donors (Lipinski definition) is 1. The summed E-state index contributed by atoms with van der Waals surface area (Å²) in [4.78, 5) is 13.5. The molecule has 1 aromatic heterocycles. The van der Waals surface area contributed by atoms with E-state index in [1.54, 1.807) is 17.9 Å². The zero-order valence-electron chi connectivity index (χ0n) is 12.1. The molecule has 0 bridgehead atoms. The van der Waals surface area contributed by atoms with E-state index in [1.165, 1.54) is 10.4 Å². The van der Waals surface area contributed by atoms with Crippen LogP contribution in [0.1, 0.15) is 13.3 Å². The molecular formula is C12H19Cl2N3O3S2. The van der Waals surface area contributed by atoms with Gasteiger partial charge >= 0.3 is 0 Å². The zero-order valence-corrected chi connectivity index (χ0v) is 15.3. The maximum Gasteiger partial charge on any atom is 0.252 e. The second-order valence-corrected chi connectivity index (χ2v) is 8.81. The fourth-order valence-corrected chi connectivity index (χ4v) is 5.31. The Balaban J connectivity index is 0.00000242. The van der Waals surface area contributed by atoms with E-state index in [2.05, 4.69) is 0 Å². The number of hydrogen-bond acceptors (Lipinski definition) is 5. The van der Waals surface area contributed by atoms with Crippen LogP contribution in [0.4, 0.5) is 0 Å². The fraction of sp³-hybridized carbons (Fsp3) is 0.583. The minimum absolute atomic E-state index is 0. The summed E-state index contributed by atoms with van der Waals surface area (Å²) in [6.45, 7) is 3.18. The molecule has 0 aliphatic carbocycles. The Morgan fingerprint density at radius 3 is 2.55 bits per heavy atom. The summed E-state index contributed by atoms with van der Waals surface area (Å²) in [5, 5.41) is 0. The van der Waals surface area contributed by atoms with Gasteiger partial charge in [-0.15, -0.1) is 23.7 Å². The smallest absolute Gasteiger partial charge is 0.252 e. The second kappa shape index (κ2) is 7.94. The Kier molecular flexibility index (Phi) is 7.10. The van der Waals surface area contributed by atoms with Gasteiger partial charge in [-0.2, -0.15) is 4.31 Å². The third-order valence-corrected chi connectivity index (χ3v) is 6.90. The average Bonchev–Trinajstić information content (AvgIpc) is 2.72. The molecule has 2 rings (SSSR count). The van der Waals surface area contributed by atoms with E-state index >= 15 is 0 Å². The topological polar surface area (TPSA) is 83.7 Å². The van der Waals surface area contributed by atoms with Gasteiger partial charge < -0.3 is 10.6 Å². The quantitative estimate of drug-likeness (QED) is 0.848. The van der Waals surface area contributed by atoms with Crippen LogP contribution >= 0.6 is 35.3 Å². The third-order valence-electron chi connectivity index (χ3n) is 3.30. The van der Waals surface area contributed by atoms with E-state index in [0.29, 0.717) is 30.4 Å².